The van der Waals surface area contributed by atoms with Crippen molar-refractivity contribution in [2.24, 2.45) is 0 Å². The average molecular weight is 362 g/mol. The molecule has 0 bridgehead atoms. The van der Waals surface area contributed by atoms with E-state index in [0.717, 1.165) is 24.4 Å². The monoisotopic (exact) mass is 361 g/mol. The van der Waals surface area contributed by atoms with Crippen LogP contribution < -0.4 is 0 Å². The number of ketones is 1. The van der Waals surface area contributed by atoms with Gasteiger partial charge in [0, 0.05) is 21.8 Å². The first kappa shape index (κ1) is 15.3. The number of carbonyl (C=O) groups excluding carboxylic acids is 1. The second kappa shape index (κ2) is 5.36. The summed E-state index contributed by atoms with van der Waals surface area (Å²) in [4.78, 5) is 25.1. The third-order valence-electron chi connectivity index (χ3n) is 2.71. The lowest BCUT2D eigenvalue weighted by molar-refractivity contribution is -0.138. The fourth-order valence-electron chi connectivity index (χ4n) is 1.70. The SMILES string of the molecule is O=C(c1c[nH]c(C(=O)O)c1)c1ccc(Br)c(C(F)(F)F)c1. The molecule has 0 saturated heterocycles. The predicted octanol–water partition coefficient (Wildman–Crippen LogP) is 3.73. The molecule has 110 valence electrons. The maximum Gasteiger partial charge on any atom is 0.417 e. The van der Waals surface area contributed by atoms with E-state index in [1.54, 1.807) is 0 Å². The van der Waals surface area contributed by atoms with Crippen molar-refractivity contribution < 1.29 is 27.9 Å². The highest BCUT2D eigenvalue weighted by molar-refractivity contribution is 9.10. The Morgan fingerprint density at radius 3 is 2.33 bits per heavy atom. The van der Waals surface area contributed by atoms with Gasteiger partial charge >= 0.3 is 12.1 Å². The van der Waals surface area contributed by atoms with Crippen LogP contribution in [0.25, 0.3) is 0 Å². The van der Waals surface area contributed by atoms with Gasteiger partial charge in [0.05, 0.1) is 5.56 Å². The summed E-state index contributed by atoms with van der Waals surface area (Å²) >= 11 is 2.78. The fourth-order valence-corrected chi connectivity index (χ4v) is 2.17. The largest absolute Gasteiger partial charge is 0.477 e. The van der Waals surface area contributed by atoms with Crippen LogP contribution in [0, 0.1) is 0 Å². The number of rotatable bonds is 3. The summed E-state index contributed by atoms with van der Waals surface area (Å²) in [7, 11) is 0. The van der Waals surface area contributed by atoms with E-state index in [1.807, 2.05) is 0 Å². The van der Waals surface area contributed by atoms with E-state index in [0.29, 0.717) is 0 Å². The van der Waals surface area contributed by atoms with Gasteiger partial charge in [0.15, 0.2) is 5.78 Å². The number of hydrogen-bond acceptors (Lipinski definition) is 2. The van der Waals surface area contributed by atoms with E-state index in [4.69, 9.17) is 5.11 Å². The van der Waals surface area contributed by atoms with Gasteiger partial charge in [-0.2, -0.15) is 13.2 Å². The molecule has 0 amide bonds. The fraction of sp³-hybridized carbons (Fsp3) is 0.0769. The number of carbonyl (C=O) groups is 2. The van der Waals surface area contributed by atoms with Gasteiger partial charge in [0.1, 0.15) is 5.69 Å². The van der Waals surface area contributed by atoms with Gasteiger partial charge < -0.3 is 10.1 Å². The number of halogens is 4. The molecular weight excluding hydrogens is 355 g/mol. The lowest BCUT2D eigenvalue weighted by atomic mass is 10.0. The highest BCUT2D eigenvalue weighted by Crippen LogP contribution is 2.35. The molecule has 2 N–H and O–H groups in total. The third-order valence-corrected chi connectivity index (χ3v) is 3.40. The summed E-state index contributed by atoms with van der Waals surface area (Å²) in [5, 5.41) is 8.74. The summed E-state index contributed by atoms with van der Waals surface area (Å²) in [6.45, 7) is 0. The van der Waals surface area contributed by atoms with Crippen LogP contribution in [-0.4, -0.2) is 21.8 Å². The maximum absolute atomic E-state index is 12.8. The lowest BCUT2D eigenvalue weighted by Crippen LogP contribution is -2.09. The molecule has 0 aliphatic heterocycles. The minimum atomic E-state index is -4.60. The number of aromatic amines is 1. The molecule has 2 rings (SSSR count). The van der Waals surface area contributed by atoms with E-state index in [9.17, 15) is 22.8 Å². The van der Waals surface area contributed by atoms with E-state index in [-0.39, 0.29) is 21.3 Å². The Balaban J connectivity index is 2.41. The molecule has 0 radical (unpaired) electrons. The summed E-state index contributed by atoms with van der Waals surface area (Å²) in [5.74, 6) is -1.96. The van der Waals surface area contributed by atoms with E-state index in [1.165, 1.54) is 6.07 Å². The molecule has 1 heterocycles. The third kappa shape index (κ3) is 3.15. The lowest BCUT2D eigenvalue weighted by Gasteiger charge is -2.10. The Morgan fingerprint density at radius 1 is 1.14 bits per heavy atom. The number of hydrogen-bond donors (Lipinski definition) is 2. The molecule has 0 unspecified atom stereocenters. The number of benzene rings is 1. The molecule has 0 aliphatic carbocycles. The molecule has 0 spiro atoms. The standard InChI is InChI=1S/C13H7BrF3NO3/c14-9-2-1-6(3-8(9)13(15,16)17)11(19)7-4-10(12(20)21)18-5-7/h1-5,18H,(H,20,21). The zero-order chi connectivity index (χ0) is 15.8. The van der Waals surface area contributed by atoms with Crippen molar-refractivity contribution >= 4 is 27.7 Å². The second-order valence-electron chi connectivity index (χ2n) is 4.13. The van der Waals surface area contributed by atoms with Gasteiger partial charge in [0.2, 0.25) is 0 Å². The molecule has 4 nitrogen and oxygen atoms in total. The molecule has 0 saturated carbocycles. The summed E-state index contributed by atoms with van der Waals surface area (Å²) in [5.41, 5.74) is -1.39. The van der Waals surface area contributed by atoms with Crippen LogP contribution in [0.4, 0.5) is 13.2 Å². The molecule has 1 aromatic carbocycles. The van der Waals surface area contributed by atoms with Crippen molar-refractivity contribution in [1.82, 2.24) is 4.98 Å². The quantitative estimate of drug-likeness (QED) is 0.818. The van der Waals surface area contributed by atoms with E-state index in [2.05, 4.69) is 20.9 Å². The predicted molar refractivity (Wildman–Crippen MR) is 70.3 cm³/mol. The topological polar surface area (TPSA) is 70.2 Å². The van der Waals surface area contributed by atoms with Crippen LogP contribution >= 0.6 is 15.9 Å². The first-order chi connectivity index (χ1) is 9.70. The summed E-state index contributed by atoms with van der Waals surface area (Å²) < 4.78 is 38.2. The molecule has 1 aromatic heterocycles. The van der Waals surface area contributed by atoms with Crippen molar-refractivity contribution in [2.75, 3.05) is 0 Å². The highest BCUT2D eigenvalue weighted by Gasteiger charge is 2.33. The molecule has 8 heteroatoms. The Morgan fingerprint density at radius 2 is 1.81 bits per heavy atom. The van der Waals surface area contributed by atoms with Crippen molar-refractivity contribution in [2.45, 2.75) is 6.18 Å². The molecule has 0 aliphatic rings. The number of H-pyrrole nitrogens is 1. The minimum absolute atomic E-state index is 0.0251. The smallest absolute Gasteiger partial charge is 0.417 e. The minimum Gasteiger partial charge on any atom is -0.477 e. The highest BCUT2D eigenvalue weighted by atomic mass is 79.9. The average Bonchev–Trinajstić information content (AvgIpc) is 2.86. The van der Waals surface area contributed by atoms with Crippen molar-refractivity contribution in [3.8, 4) is 0 Å². The van der Waals surface area contributed by atoms with Crippen molar-refractivity contribution in [3.05, 3.63) is 57.3 Å². The Hall–Kier alpha value is -2.09. The maximum atomic E-state index is 12.8. The van der Waals surface area contributed by atoms with Crippen molar-refractivity contribution in [1.29, 1.82) is 0 Å². The van der Waals surface area contributed by atoms with Crippen LogP contribution in [0.2, 0.25) is 0 Å². The number of aromatic carboxylic acids is 1. The molecule has 21 heavy (non-hydrogen) atoms. The molecule has 0 fully saturated rings. The van der Waals surface area contributed by atoms with Crippen LogP contribution in [0.1, 0.15) is 32.0 Å². The van der Waals surface area contributed by atoms with Crippen LogP contribution in [-0.2, 0) is 6.18 Å². The van der Waals surface area contributed by atoms with Gasteiger partial charge in [-0.3, -0.25) is 4.79 Å². The number of carboxylic acid groups (broad SMARTS) is 1. The van der Waals surface area contributed by atoms with E-state index >= 15 is 0 Å². The van der Waals surface area contributed by atoms with E-state index < -0.39 is 23.5 Å². The Labute approximate surface area is 124 Å². The number of carboxylic acids is 1. The second-order valence-corrected chi connectivity index (χ2v) is 4.98. The summed E-state index contributed by atoms with van der Waals surface area (Å²) in [6.07, 6.45) is -3.46. The van der Waals surface area contributed by atoms with Crippen LogP contribution in [0.15, 0.2) is 34.9 Å². The van der Waals surface area contributed by atoms with Gasteiger partial charge in [-0.15, -0.1) is 0 Å². The van der Waals surface area contributed by atoms with Crippen molar-refractivity contribution in [3.63, 3.8) is 0 Å². The number of nitrogens with one attached hydrogen (secondary N) is 1. The van der Waals surface area contributed by atoms with Gasteiger partial charge in [-0.05, 0) is 24.3 Å². The molecular formula is C13H7BrF3NO3. The zero-order valence-corrected chi connectivity index (χ0v) is 11.7. The molecule has 0 atom stereocenters. The summed E-state index contributed by atoms with van der Waals surface area (Å²) in [6, 6.07) is 4.15. The first-order valence-electron chi connectivity index (χ1n) is 5.53. The van der Waals surface area contributed by atoms with Gasteiger partial charge in [0.25, 0.3) is 0 Å². The number of aromatic nitrogens is 1. The molecule has 2 aromatic rings. The van der Waals surface area contributed by atoms with Gasteiger partial charge in [-0.25, -0.2) is 4.79 Å². The Bertz CT molecular complexity index is 722. The number of alkyl halides is 3. The van der Waals surface area contributed by atoms with Gasteiger partial charge in [-0.1, -0.05) is 15.9 Å². The normalized spacial score (nSPS) is 11.4. The first-order valence-corrected chi connectivity index (χ1v) is 6.32. The zero-order valence-electron chi connectivity index (χ0n) is 10.2. The van der Waals surface area contributed by atoms with Crippen LogP contribution in [0.3, 0.4) is 0 Å². The Kier molecular flexibility index (Phi) is 3.91. The van der Waals surface area contributed by atoms with Crippen LogP contribution in [0.5, 0.6) is 0 Å².